The molecule has 1 saturated heterocycles. The average molecular weight is 436 g/mol. The number of carbonyl (C=O) groups excluding carboxylic acids is 1. The Bertz CT molecular complexity index is 781. The zero-order valence-corrected chi connectivity index (χ0v) is 17.9. The van der Waals surface area contributed by atoms with Gasteiger partial charge in [-0.2, -0.15) is 13.2 Å². The largest absolute Gasteiger partial charge is 0.416 e. The van der Waals surface area contributed by atoms with Crippen LogP contribution in [0.2, 0.25) is 0 Å². The summed E-state index contributed by atoms with van der Waals surface area (Å²) >= 11 is 0. The number of nitrogens with zero attached hydrogens (tertiary/aromatic N) is 1. The van der Waals surface area contributed by atoms with Crippen LogP contribution in [0.25, 0.3) is 0 Å². The third-order valence-corrected chi connectivity index (χ3v) is 8.09. The van der Waals surface area contributed by atoms with E-state index in [1.165, 1.54) is 57.2 Å². The van der Waals surface area contributed by atoms with Gasteiger partial charge in [-0.3, -0.25) is 0 Å². The summed E-state index contributed by atoms with van der Waals surface area (Å²) in [5.41, 5.74) is -0.0644. The van der Waals surface area contributed by atoms with Crippen molar-refractivity contribution in [2.45, 2.75) is 63.6 Å². The van der Waals surface area contributed by atoms with Crippen molar-refractivity contribution in [1.29, 1.82) is 0 Å². The van der Waals surface area contributed by atoms with Crippen molar-refractivity contribution in [2.75, 3.05) is 25.0 Å². The third kappa shape index (κ3) is 4.71. The lowest BCUT2D eigenvalue weighted by Crippen LogP contribution is -2.53. The van der Waals surface area contributed by atoms with E-state index in [9.17, 15) is 18.0 Å². The van der Waals surface area contributed by atoms with Gasteiger partial charge in [-0.05, 0) is 92.7 Å². The molecule has 0 unspecified atom stereocenters. The molecule has 1 aromatic rings. The van der Waals surface area contributed by atoms with Gasteiger partial charge in [-0.1, -0.05) is 6.07 Å². The maximum absolute atomic E-state index is 12.9. The normalized spacial score (nSPS) is 33.5. The van der Waals surface area contributed by atoms with Crippen molar-refractivity contribution in [3.8, 4) is 0 Å². The van der Waals surface area contributed by atoms with Crippen LogP contribution in [0.5, 0.6) is 0 Å². The highest BCUT2D eigenvalue weighted by atomic mass is 19.4. The Hall–Kier alpha value is -1.76. The standard InChI is InChI=1S/C24H32F3N3O/c25-24(26,27)19-2-1-3-21(11-19)29-22(31)28-20-4-6-30(7-5-20)15-23-12-16-8-17(13-23)10-18(9-16)14-23/h1-3,11,16-18,20H,4-10,12-15H2,(H2,28,29,31). The second-order valence-electron chi connectivity index (χ2n) is 10.6. The first-order valence-electron chi connectivity index (χ1n) is 11.7. The monoisotopic (exact) mass is 435 g/mol. The van der Waals surface area contributed by atoms with Crippen molar-refractivity contribution < 1.29 is 18.0 Å². The molecule has 0 aromatic heterocycles. The van der Waals surface area contributed by atoms with Crippen molar-refractivity contribution in [2.24, 2.45) is 23.2 Å². The molecule has 0 atom stereocenters. The topological polar surface area (TPSA) is 44.4 Å². The van der Waals surface area contributed by atoms with Crippen LogP contribution in [0.15, 0.2) is 24.3 Å². The molecule has 7 heteroatoms. The van der Waals surface area contributed by atoms with E-state index >= 15 is 0 Å². The van der Waals surface area contributed by atoms with Gasteiger partial charge in [0.1, 0.15) is 0 Å². The van der Waals surface area contributed by atoms with E-state index in [1.54, 1.807) is 0 Å². The van der Waals surface area contributed by atoms with E-state index in [4.69, 9.17) is 0 Å². The third-order valence-electron chi connectivity index (χ3n) is 8.09. The average Bonchev–Trinajstić information content (AvgIpc) is 2.68. The number of carbonyl (C=O) groups is 1. The molecule has 31 heavy (non-hydrogen) atoms. The molecule has 5 aliphatic rings. The highest BCUT2D eigenvalue weighted by molar-refractivity contribution is 5.89. The predicted octanol–water partition coefficient (Wildman–Crippen LogP) is 5.51. The maximum atomic E-state index is 12.9. The summed E-state index contributed by atoms with van der Waals surface area (Å²) in [6.07, 6.45) is 6.00. The lowest BCUT2D eigenvalue weighted by atomic mass is 9.49. The first kappa shape index (κ1) is 21.1. The van der Waals surface area contributed by atoms with Crippen LogP contribution in [-0.4, -0.2) is 36.6 Å². The van der Waals surface area contributed by atoms with Crippen LogP contribution in [0.1, 0.15) is 56.9 Å². The molecule has 1 heterocycles. The lowest BCUT2D eigenvalue weighted by molar-refractivity contribution is -0.137. The van der Waals surface area contributed by atoms with E-state index in [0.29, 0.717) is 5.41 Å². The van der Waals surface area contributed by atoms with Gasteiger partial charge in [-0.25, -0.2) is 4.79 Å². The highest BCUT2D eigenvalue weighted by Crippen LogP contribution is 2.60. The fraction of sp³-hybridized carbons (Fsp3) is 0.708. The summed E-state index contributed by atoms with van der Waals surface area (Å²) < 4.78 is 38.6. The minimum Gasteiger partial charge on any atom is -0.335 e. The van der Waals surface area contributed by atoms with Gasteiger partial charge >= 0.3 is 12.2 Å². The van der Waals surface area contributed by atoms with Gasteiger partial charge in [0.2, 0.25) is 0 Å². The fourth-order valence-corrected chi connectivity index (χ4v) is 7.32. The van der Waals surface area contributed by atoms with Gasteiger partial charge in [0.25, 0.3) is 0 Å². The van der Waals surface area contributed by atoms with Gasteiger partial charge in [-0.15, -0.1) is 0 Å². The number of alkyl halides is 3. The Kier molecular flexibility index (Phi) is 5.43. The maximum Gasteiger partial charge on any atom is 0.416 e. The van der Waals surface area contributed by atoms with Crippen LogP contribution >= 0.6 is 0 Å². The van der Waals surface area contributed by atoms with Crippen LogP contribution in [-0.2, 0) is 6.18 Å². The van der Waals surface area contributed by atoms with Crippen molar-refractivity contribution >= 4 is 11.7 Å². The number of benzene rings is 1. The summed E-state index contributed by atoms with van der Waals surface area (Å²) in [4.78, 5) is 14.9. The minimum absolute atomic E-state index is 0.0680. The molecule has 6 rings (SSSR count). The number of piperidine rings is 1. The first-order chi connectivity index (χ1) is 14.8. The Morgan fingerprint density at radius 3 is 2.23 bits per heavy atom. The summed E-state index contributed by atoms with van der Waals surface area (Å²) in [7, 11) is 0. The van der Waals surface area contributed by atoms with Gasteiger partial charge in [0, 0.05) is 31.4 Å². The second kappa shape index (κ2) is 7.98. The molecular formula is C24H32F3N3O. The fourth-order valence-electron chi connectivity index (χ4n) is 7.32. The van der Waals surface area contributed by atoms with E-state index in [0.717, 1.165) is 55.8 Å². The van der Waals surface area contributed by atoms with Crippen LogP contribution < -0.4 is 10.6 Å². The molecule has 4 aliphatic carbocycles. The number of halogens is 3. The van der Waals surface area contributed by atoms with Crippen LogP contribution in [0, 0.1) is 23.2 Å². The van der Waals surface area contributed by atoms with E-state index < -0.39 is 17.8 Å². The lowest BCUT2D eigenvalue weighted by Gasteiger charge is -2.58. The smallest absolute Gasteiger partial charge is 0.335 e. The Labute approximate surface area is 181 Å². The number of hydrogen-bond donors (Lipinski definition) is 2. The summed E-state index contributed by atoms with van der Waals surface area (Å²) in [5, 5.41) is 5.50. The molecule has 2 N–H and O–H groups in total. The molecule has 0 radical (unpaired) electrons. The molecule has 4 saturated carbocycles. The van der Waals surface area contributed by atoms with Gasteiger partial charge < -0.3 is 15.5 Å². The van der Waals surface area contributed by atoms with Crippen LogP contribution in [0.3, 0.4) is 0 Å². The Morgan fingerprint density at radius 2 is 1.65 bits per heavy atom. The number of urea groups is 1. The van der Waals surface area contributed by atoms with Gasteiger partial charge in [0.05, 0.1) is 5.56 Å². The zero-order valence-electron chi connectivity index (χ0n) is 17.9. The molecule has 170 valence electrons. The number of anilines is 1. The molecule has 1 aliphatic heterocycles. The summed E-state index contributed by atoms with van der Waals surface area (Å²) in [5.74, 6) is 2.89. The van der Waals surface area contributed by atoms with Crippen molar-refractivity contribution in [3.05, 3.63) is 29.8 Å². The number of rotatable bonds is 4. The molecule has 1 aromatic carbocycles. The summed E-state index contributed by atoms with van der Waals surface area (Å²) in [6, 6.07) is 4.39. The van der Waals surface area contributed by atoms with Crippen LogP contribution in [0.4, 0.5) is 23.7 Å². The van der Waals surface area contributed by atoms with E-state index in [-0.39, 0.29) is 11.7 Å². The molecule has 4 bridgehead atoms. The molecule has 0 spiro atoms. The van der Waals surface area contributed by atoms with Gasteiger partial charge in [0.15, 0.2) is 0 Å². The minimum atomic E-state index is -4.42. The number of nitrogens with one attached hydrogen (secondary N) is 2. The van der Waals surface area contributed by atoms with Crippen molar-refractivity contribution in [1.82, 2.24) is 10.2 Å². The van der Waals surface area contributed by atoms with Crippen molar-refractivity contribution in [3.63, 3.8) is 0 Å². The number of likely N-dealkylation sites (tertiary alicyclic amines) is 1. The SMILES string of the molecule is O=C(Nc1cccc(C(F)(F)F)c1)NC1CCN(CC23CC4CC(CC(C4)C2)C3)CC1. The first-order valence-corrected chi connectivity index (χ1v) is 11.7. The molecule has 2 amide bonds. The zero-order chi connectivity index (χ0) is 21.6. The Morgan fingerprint density at radius 1 is 1.03 bits per heavy atom. The summed E-state index contributed by atoms with van der Waals surface area (Å²) in [6.45, 7) is 3.17. The Balaban J connectivity index is 1.09. The predicted molar refractivity (Wildman–Crippen MR) is 114 cm³/mol. The molecule has 4 nitrogen and oxygen atoms in total. The number of amides is 2. The molecule has 5 fully saturated rings. The van der Waals surface area contributed by atoms with E-state index in [2.05, 4.69) is 15.5 Å². The van der Waals surface area contributed by atoms with E-state index in [1.807, 2.05) is 0 Å². The number of hydrogen-bond acceptors (Lipinski definition) is 2. The molecular weight excluding hydrogens is 403 g/mol. The second-order valence-corrected chi connectivity index (χ2v) is 10.6. The highest BCUT2D eigenvalue weighted by Gasteiger charge is 2.51. The quantitative estimate of drug-likeness (QED) is 0.655.